The third kappa shape index (κ3) is 4.13. The van der Waals surface area contributed by atoms with Crippen molar-refractivity contribution in [3.05, 3.63) is 28.8 Å². The van der Waals surface area contributed by atoms with E-state index >= 15 is 0 Å². The molecule has 20 heavy (non-hydrogen) atoms. The Morgan fingerprint density at radius 2 is 1.55 bits per heavy atom. The van der Waals surface area contributed by atoms with Gasteiger partial charge in [0.15, 0.2) is 0 Å². The lowest BCUT2D eigenvalue weighted by Gasteiger charge is -2.28. The van der Waals surface area contributed by atoms with Gasteiger partial charge < -0.3 is 10.8 Å². The van der Waals surface area contributed by atoms with Gasteiger partial charge >= 0.3 is 0 Å². The molecule has 0 radical (unpaired) electrons. The number of benzene rings is 1. The van der Waals surface area contributed by atoms with E-state index in [0.717, 1.165) is 17.5 Å². The summed E-state index contributed by atoms with van der Waals surface area (Å²) in [5, 5.41) is 10.5. The molecule has 0 heterocycles. The molecule has 0 unspecified atom stereocenters. The average Bonchev–Trinajstić information content (AvgIpc) is 2.25. The third-order valence-electron chi connectivity index (χ3n) is 3.65. The first kappa shape index (κ1) is 19.3. The molecule has 0 fully saturated rings. The molecular formula is C17H30ClNO. The van der Waals surface area contributed by atoms with Crippen LogP contribution in [0, 0.1) is 0 Å². The van der Waals surface area contributed by atoms with Crippen molar-refractivity contribution < 1.29 is 5.11 Å². The van der Waals surface area contributed by atoms with E-state index in [1.54, 1.807) is 0 Å². The van der Waals surface area contributed by atoms with Crippen LogP contribution in [-0.4, -0.2) is 5.11 Å². The molecule has 3 heteroatoms. The maximum atomic E-state index is 10.5. The largest absolute Gasteiger partial charge is 0.507 e. The minimum Gasteiger partial charge on any atom is -0.507 e. The van der Waals surface area contributed by atoms with Crippen LogP contribution in [0.15, 0.2) is 12.1 Å². The number of nitrogens with two attached hydrogens (primary N) is 1. The van der Waals surface area contributed by atoms with Crippen molar-refractivity contribution in [2.75, 3.05) is 0 Å². The van der Waals surface area contributed by atoms with Gasteiger partial charge in [-0.1, -0.05) is 54.5 Å². The Bertz CT molecular complexity index is 455. The molecule has 3 N–H and O–H groups in total. The van der Waals surface area contributed by atoms with Gasteiger partial charge in [0.2, 0.25) is 0 Å². The lowest BCUT2D eigenvalue weighted by atomic mass is 9.78. The fourth-order valence-electron chi connectivity index (χ4n) is 2.16. The van der Waals surface area contributed by atoms with Crippen molar-refractivity contribution in [2.24, 2.45) is 5.73 Å². The fourth-order valence-corrected chi connectivity index (χ4v) is 2.16. The normalized spacial score (nSPS) is 13.8. The number of rotatable bonds is 2. The molecule has 1 atom stereocenters. The van der Waals surface area contributed by atoms with E-state index in [-0.39, 0.29) is 29.3 Å². The Hall–Kier alpha value is -0.730. The average molecular weight is 300 g/mol. The molecule has 2 nitrogen and oxygen atoms in total. The molecular weight excluding hydrogens is 270 g/mol. The predicted octanol–water partition coefficient (Wildman–Crippen LogP) is 4.82. The lowest BCUT2D eigenvalue weighted by molar-refractivity contribution is 0.431. The molecule has 0 aliphatic carbocycles. The maximum Gasteiger partial charge on any atom is 0.124 e. The Kier molecular flexibility index (Phi) is 6.13. The predicted molar refractivity (Wildman–Crippen MR) is 90.0 cm³/mol. The van der Waals surface area contributed by atoms with Gasteiger partial charge in [-0.2, -0.15) is 0 Å². The van der Waals surface area contributed by atoms with E-state index in [0.29, 0.717) is 5.75 Å². The van der Waals surface area contributed by atoms with Gasteiger partial charge in [0.1, 0.15) is 5.75 Å². The van der Waals surface area contributed by atoms with Crippen molar-refractivity contribution in [2.45, 2.75) is 71.8 Å². The standard InChI is InChI=1S/C17H29NO.ClH/c1-8-14(18)12-9-11(16(2,3)4)10-13(15(12)19)17(5,6)7;/h9-10,14,19H,8,18H2,1-7H3;1H/t14-;/m1./s1. The van der Waals surface area contributed by atoms with Crippen molar-refractivity contribution in [1.29, 1.82) is 0 Å². The lowest BCUT2D eigenvalue weighted by Crippen LogP contribution is -2.19. The summed E-state index contributed by atoms with van der Waals surface area (Å²) in [5.74, 6) is 0.370. The second kappa shape index (κ2) is 6.36. The van der Waals surface area contributed by atoms with E-state index in [1.807, 2.05) is 6.92 Å². The number of phenols is 1. The number of phenolic OH excluding ortho intramolecular Hbond substituents is 1. The first-order valence-electron chi connectivity index (χ1n) is 7.12. The number of hydrogen-bond donors (Lipinski definition) is 2. The summed E-state index contributed by atoms with van der Waals surface area (Å²) in [6.07, 6.45) is 0.824. The molecule has 0 saturated carbocycles. The smallest absolute Gasteiger partial charge is 0.124 e. The molecule has 0 aromatic heterocycles. The molecule has 0 aliphatic heterocycles. The van der Waals surface area contributed by atoms with Crippen LogP contribution >= 0.6 is 12.4 Å². The quantitative estimate of drug-likeness (QED) is 0.822. The van der Waals surface area contributed by atoms with Crippen LogP contribution in [-0.2, 0) is 10.8 Å². The topological polar surface area (TPSA) is 46.2 Å². The third-order valence-corrected chi connectivity index (χ3v) is 3.65. The van der Waals surface area contributed by atoms with Crippen molar-refractivity contribution in [1.82, 2.24) is 0 Å². The summed E-state index contributed by atoms with van der Waals surface area (Å²) < 4.78 is 0. The first-order valence-corrected chi connectivity index (χ1v) is 7.12. The highest BCUT2D eigenvalue weighted by molar-refractivity contribution is 5.85. The highest BCUT2D eigenvalue weighted by Gasteiger charge is 2.26. The van der Waals surface area contributed by atoms with Gasteiger partial charge in [0, 0.05) is 11.6 Å². The zero-order valence-electron chi connectivity index (χ0n) is 13.9. The minimum atomic E-state index is -0.108. The number of hydrogen-bond acceptors (Lipinski definition) is 2. The van der Waals surface area contributed by atoms with Gasteiger partial charge in [-0.25, -0.2) is 0 Å². The highest BCUT2D eigenvalue weighted by atomic mass is 35.5. The zero-order chi connectivity index (χ0) is 15.0. The van der Waals surface area contributed by atoms with Gasteiger partial charge in [0.05, 0.1) is 0 Å². The Balaban J connectivity index is 0.00000361. The van der Waals surface area contributed by atoms with Crippen LogP contribution in [0.2, 0.25) is 0 Å². The molecule has 1 aromatic carbocycles. The summed E-state index contributed by atoms with van der Waals surface area (Å²) in [7, 11) is 0. The SMILES string of the molecule is CC[C@@H](N)c1cc(C(C)(C)C)cc(C(C)(C)C)c1O.Cl. The Labute approximate surface area is 130 Å². The Morgan fingerprint density at radius 3 is 1.90 bits per heavy atom. The monoisotopic (exact) mass is 299 g/mol. The molecule has 1 rings (SSSR count). The van der Waals surface area contributed by atoms with Crippen molar-refractivity contribution in [3.8, 4) is 5.75 Å². The van der Waals surface area contributed by atoms with E-state index in [4.69, 9.17) is 5.73 Å². The summed E-state index contributed by atoms with van der Waals surface area (Å²) >= 11 is 0. The summed E-state index contributed by atoms with van der Waals surface area (Å²) in [5.41, 5.74) is 9.21. The van der Waals surface area contributed by atoms with E-state index in [2.05, 4.69) is 53.7 Å². The van der Waals surface area contributed by atoms with Crippen molar-refractivity contribution >= 4 is 12.4 Å². The molecule has 1 aromatic rings. The second-order valence-electron chi connectivity index (χ2n) is 7.48. The maximum absolute atomic E-state index is 10.5. The van der Waals surface area contributed by atoms with Gasteiger partial charge in [-0.05, 0) is 34.4 Å². The molecule has 0 bridgehead atoms. The van der Waals surface area contributed by atoms with Crippen LogP contribution < -0.4 is 5.73 Å². The van der Waals surface area contributed by atoms with E-state index in [1.165, 1.54) is 5.56 Å². The van der Waals surface area contributed by atoms with Gasteiger partial charge in [-0.15, -0.1) is 12.4 Å². The summed E-state index contributed by atoms with van der Waals surface area (Å²) in [4.78, 5) is 0. The molecule has 116 valence electrons. The molecule has 0 aliphatic rings. The van der Waals surface area contributed by atoms with Gasteiger partial charge in [-0.3, -0.25) is 0 Å². The van der Waals surface area contributed by atoms with Crippen molar-refractivity contribution in [3.63, 3.8) is 0 Å². The van der Waals surface area contributed by atoms with E-state index < -0.39 is 0 Å². The second-order valence-corrected chi connectivity index (χ2v) is 7.48. The van der Waals surface area contributed by atoms with Crippen LogP contribution in [0.25, 0.3) is 0 Å². The van der Waals surface area contributed by atoms with Crippen LogP contribution in [0.3, 0.4) is 0 Å². The number of halogens is 1. The summed E-state index contributed by atoms with van der Waals surface area (Å²) in [6.45, 7) is 15.0. The zero-order valence-corrected chi connectivity index (χ0v) is 14.7. The summed E-state index contributed by atoms with van der Waals surface area (Å²) in [6, 6.07) is 4.09. The number of aromatic hydroxyl groups is 1. The van der Waals surface area contributed by atoms with E-state index in [9.17, 15) is 5.11 Å². The molecule has 0 spiro atoms. The Morgan fingerprint density at radius 1 is 1.05 bits per heavy atom. The minimum absolute atomic E-state index is 0. The van der Waals surface area contributed by atoms with Crippen LogP contribution in [0.1, 0.15) is 77.6 Å². The fraction of sp³-hybridized carbons (Fsp3) is 0.647. The molecule has 0 amide bonds. The van der Waals surface area contributed by atoms with Crippen LogP contribution in [0.5, 0.6) is 5.75 Å². The van der Waals surface area contributed by atoms with Crippen LogP contribution in [0.4, 0.5) is 0 Å². The first-order chi connectivity index (χ1) is 8.48. The van der Waals surface area contributed by atoms with Gasteiger partial charge in [0.25, 0.3) is 0 Å². The highest BCUT2D eigenvalue weighted by Crippen LogP contribution is 2.39. The molecule has 0 saturated heterocycles.